The summed E-state index contributed by atoms with van der Waals surface area (Å²) < 4.78 is 3.29. The Bertz CT molecular complexity index is 328. The van der Waals surface area contributed by atoms with Crippen LogP contribution in [0.3, 0.4) is 0 Å². The lowest BCUT2D eigenvalue weighted by atomic mass is 10.3. The smallest absolute Gasteiger partial charge is 0.206 e. The molecule has 1 fully saturated rings. The Hall–Kier alpha value is -0.550. The second-order valence-electron chi connectivity index (χ2n) is 4.08. The predicted molar refractivity (Wildman–Crippen MR) is 65.4 cm³/mol. The van der Waals surface area contributed by atoms with Gasteiger partial charge in [0.05, 0.1) is 6.20 Å². The number of hydrogen-bond acceptors (Lipinski definition) is 3. The van der Waals surface area contributed by atoms with Gasteiger partial charge in [0.1, 0.15) is 4.60 Å². The Kier molecular flexibility index (Phi) is 3.31. The SMILES string of the molecule is CC(C)n1c(Br)cnc1N1CCNCC1. The second kappa shape index (κ2) is 4.53. The van der Waals surface area contributed by atoms with E-state index < -0.39 is 0 Å². The topological polar surface area (TPSA) is 33.1 Å². The molecule has 2 rings (SSSR count). The van der Waals surface area contributed by atoms with E-state index in [0.717, 1.165) is 36.7 Å². The summed E-state index contributed by atoms with van der Waals surface area (Å²) in [4.78, 5) is 6.81. The third-order valence-electron chi connectivity index (χ3n) is 2.65. The summed E-state index contributed by atoms with van der Waals surface area (Å²) >= 11 is 3.54. The third-order valence-corrected chi connectivity index (χ3v) is 3.24. The Labute approximate surface area is 98.8 Å². The number of imidazole rings is 1. The van der Waals surface area contributed by atoms with Gasteiger partial charge in [-0.25, -0.2) is 4.98 Å². The molecule has 1 aliphatic heterocycles. The van der Waals surface area contributed by atoms with Gasteiger partial charge in [-0.1, -0.05) is 0 Å². The van der Waals surface area contributed by atoms with Gasteiger partial charge >= 0.3 is 0 Å². The van der Waals surface area contributed by atoms with E-state index in [1.165, 1.54) is 0 Å². The maximum Gasteiger partial charge on any atom is 0.206 e. The van der Waals surface area contributed by atoms with Crippen LogP contribution in [0.4, 0.5) is 5.95 Å². The summed E-state index contributed by atoms with van der Waals surface area (Å²) in [5.74, 6) is 1.08. The lowest BCUT2D eigenvalue weighted by molar-refractivity contribution is 0.537. The van der Waals surface area contributed by atoms with Crippen molar-refractivity contribution in [3.63, 3.8) is 0 Å². The highest BCUT2D eigenvalue weighted by molar-refractivity contribution is 9.10. The van der Waals surface area contributed by atoms with Crippen LogP contribution in [0.25, 0.3) is 0 Å². The van der Waals surface area contributed by atoms with Crippen molar-refractivity contribution < 1.29 is 0 Å². The molecule has 0 aliphatic carbocycles. The molecule has 0 unspecified atom stereocenters. The summed E-state index contributed by atoms with van der Waals surface area (Å²) in [5.41, 5.74) is 0. The molecule has 0 amide bonds. The van der Waals surface area contributed by atoms with Crippen LogP contribution in [0.2, 0.25) is 0 Å². The van der Waals surface area contributed by atoms with Crippen molar-refractivity contribution in [3.8, 4) is 0 Å². The minimum Gasteiger partial charge on any atom is -0.340 e. The highest BCUT2D eigenvalue weighted by atomic mass is 79.9. The zero-order valence-electron chi connectivity index (χ0n) is 9.20. The number of rotatable bonds is 2. The number of halogens is 1. The van der Waals surface area contributed by atoms with Gasteiger partial charge in [-0.3, -0.25) is 0 Å². The van der Waals surface area contributed by atoms with Crippen LogP contribution in [0.5, 0.6) is 0 Å². The van der Waals surface area contributed by atoms with Gasteiger partial charge in [0.25, 0.3) is 0 Å². The Morgan fingerprint density at radius 1 is 1.40 bits per heavy atom. The molecule has 5 heteroatoms. The fourth-order valence-corrected chi connectivity index (χ4v) is 2.58. The van der Waals surface area contributed by atoms with E-state index in [-0.39, 0.29) is 0 Å². The van der Waals surface area contributed by atoms with Gasteiger partial charge in [0, 0.05) is 32.2 Å². The van der Waals surface area contributed by atoms with Gasteiger partial charge in [-0.15, -0.1) is 0 Å². The molecule has 1 N–H and O–H groups in total. The molecule has 0 aromatic carbocycles. The quantitative estimate of drug-likeness (QED) is 0.889. The maximum absolute atomic E-state index is 4.47. The minimum absolute atomic E-state index is 0.437. The van der Waals surface area contributed by atoms with E-state index in [1.54, 1.807) is 0 Å². The standard InChI is InChI=1S/C10H17BrN4/c1-8(2)15-9(11)7-13-10(15)14-5-3-12-4-6-14/h7-8,12H,3-6H2,1-2H3. The molecular formula is C10H17BrN4. The summed E-state index contributed by atoms with van der Waals surface area (Å²) in [6.45, 7) is 8.52. The first-order valence-corrected chi connectivity index (χ1v) is 6.18. The molecule has 0 spiro atoms. The lowest BCUT2D eigenvalue weighted by Gasteiger charge is -2.29. The molecule has 1 aromatic rings. The van der Waals surface area contributed by atoms with E-state index in [9.17, 15) is 0 Å². The largest absolute Gasteiger partial charge is 0.340 e. The van der Waals surface area contributed by atoms with Gasteiger partial charge < -0.3 is 14.8 Å². The van der Waals surface area contributed by atoms with Crippen molar-refractivity contribution in [1.82, 2.24) is 14.9 Å². The van der Waals surface area contributed by atoms with Gasteiger partial charge in [0.2, 0.25) is 5.95 Å². The zero-order chi connectivity index (χ0) is 10.8. The molecular weight excluding hydrogens is 256 g/mol. The van der Waals surface area contributed by atoms with E-state index in [4.69, 9.17) is 0 Å². The summed E-state index contributed by atoms with van der Waals surface area (Å²) in [7, 11) is 0. The second-order valence-corrected chi connectivity index (χ2v) is 4.89. The molecule has 84 valence electrons. The highest BCUT2D eigenvalue weighted by Crippen LogP contribution is 2.24. The van der Waals surface area contributed by atoms with Crippen LogP contribution in [-0.4, -0.2) is 35.7 Å². The van der Waals surface area contributed by atoms with Crippen LogP contribution in [0, 0.1) is 0 Å². The van der Waals surface area contributed by atoms with Crippen molar-refractivity contribution in [3.05, 3.63) is 10.8 Å². The number of nitrogens with one attached hydrogen (secondary N) is 1. The van der Waals surface area contributed by atoms with Crippen molar-refractivity contribution in [2.45, 2.75) is 19.9 Å². The fourth-order valence-electron chi connectivity index (χ4n) is 1.91. The predicted octanol–water partition coefficient (Wildman–Crippen LogP) is 1.64. The average molecular weight is 273 g/mol. The van der Waals surface area contributed by atoms with Crippen LogP contribution < -0.4 is 10.2 Å². The van der Waals surface area contributed by atoms with Crippen LogP contribution in [-0.2, 0) is 0 Å². The van der Waals surface area contributed by atoms with Crippen LogP contribution in [0.1, 0.15) is 19.9 Å². The Morgan fingerprint density at radius 2 is 2.07 bits per heavy atom. The average Bonchev–Trinajstić information content (AvgIpc) is 2.61. The van der Waals surface area contributed by atoms with Crippen LogP contribution in [0.15, 0.2) is 10.8 Å². The number of aromatic nitrogens is 2. The summed E-state index contributed by atoms with van der Waals surface area (Å²) in [5, 5.41) is 3.35. The number of nitrogens with zero attached hydrogens (tertiary/aromatic N) is 3. The number of anilines is 1. The monoisotopic (exact) mass is 272 g/mol. The molecule has 1 saturated heterocycles. The normalized spacial score (nSPS) is 17.5. The summed E-state index contributed by atoms with van der Waals surface area (Å²) in [6, 6.07) is 0.437. The third kappa shape index (κ3) is 2.18. The van der Waals surface area contributed by atoms with E-state index in [2.05, 4.69) is 49.5 Å². The molecule has 0 radical (unpaired) electrons. The molecule has 15 heavy (non-hydrogen) atoms. The van der Waals surface area contributed by atoms with Crippen molar-refractivity contribution in [1.29, 1.82) is 0 Å². The summed E-state index contributed by atoms with van der Waals surface area (Å²) in [6.07, 6.45) is 1.89. The first kappa shape index (κ1) is 11.0. The van der Waals surface area contributed by atoms with Crippen molar-refractivity contribution >= 4 is 21.9 Å². The Morgan fingerprint density at radius 3 is 2.67 bits per heavy atom. The van der Waals surface area contributed by atoms with E-state index in [0.29, 0.717) is 6.04 Å². The van der Waals surface area contributed by atoms with Gasteiger partial charge in [-0.2, -0.15) is 0 Å². The molecule has 2 heterocycles. The molecule has 0 saturated carbocycles. The first-order chi connectivity index (χ1) is 7.20. The van der Waals surface area contributed by atoms with Gasteiger partial charge in [0.15, 0.2) is 0 Å². The van der Waals surface area contributed by atoms with Crippen molar-refractivity contribution in [2.75, 3.05) is 31.1 Å². The molecule has 0 atom stereocenters. The van der Waals surface area contributed by atoms with E-state index in [1.807, 2.05) is 6.20 Å². The fraction of sp³-hybridized carbons (Fsp3) is 0.700. The minimum atomic E-state index is 0.437. The Balaban J connectivity index is 2.26. The molecule has 1 aromatic heterocycles. The molecule has 0 bridgehead atoms. The van der Waals surface area contributed by atoms with Crippen LogP contribution >= 0.6 is 15.9 Å². The molecule has 1 aliphatic rings. The van der Waals surface area contributed by atoms with Gasteiger partial charge in [-0.05, 0) is 29.8 Å². The zero-order valence-corrected chi connectivity index (χ0v) is 10.8. The van der Waals surface area contributed by atoms with Crippen molar-refractivity contribution in [2.24, 2.45) is 0 Å². The first-order valence-electron chi connectivity index (χ1n) is 5.38. The highest BCUT2D eigenvalue weighted by Gasteiger charge is 2.18. The molecule has 4 nitrogen and oxygen atoms in total. The number of piperazine rings is 1. The lowest BCUT2D eigenvalue weighted by Crippen LogP contribution is -2.44. The maximum atomic E-state index is 4.47. The number of hydrogen-bond donors (Lipinski definition) is 1. The van der Waals surface area contributed by atoms with E-state index >= 15 is 0 Å².